The highest BCUT2D eigenvalue weighted by atomic mass is 32.1. The minimum Gasteiger partial charge on any atom is -0.379 e. The SMILES string of the molecule is C[C@@H](NC(=S)Nc1ccc(F)cc1)[C@H](c1cccs1)N1CCOCC1. The lowest BCUT2D eigenvalue weighted by atomic mass is 10.1. The number of nitrogens with one attached hydrogen (secondary N) is 2. The Labute approximate surface area is 157 Å². The Morgan fingerprint density at radius 1 is 1.24 bits per heavy atom. The molecular weight excluding hydrogens is 357 g/mol. The number of thiocarbonyl (C=S) groups is 1. The van der Waals surface area contributed by atoms with E-state index in [0.717, 1.165) is 32.0 Å². The molecule has 2 atom stereocenters. The summed E-state index contributed by atoms with van der Waals surface area (Å²) in [5.41, 5.74) is 0.769. The van der Waals surface area contributed by atoms with Crippen molar-refractivity contribution in [2.45, 2.75) is 19.0 Å². The highest BCUT2D eigenvalue weighted by molar-refractivity contribution is 7.80. The van der Waals surface area contributed by atoms with Crippen molar-refractivity contribution in [2.75, 3.05) is 31.6 Å². The number of hydrogen-bond donors (Lipinski definition) is 2. The topological polar surface area (TPSA) is 36.5 Å². The van der Waals surface area contributed by atoms with Gasteiger partial charge in [-0.05, 0) is 54.9 Å². The van der Waals surface area contributed by atoms with Crippen molar-refractivity contribution >= 4 is 34.4 Å². The number of rotatable bonds is 5. The second-order valence-electron chi connectivity index (χ2n) is 6.00. The molecule has 134 valence electrons. The van der Waals surface area contributed by atoms with E-state index in [-0.39, 0.29) is 17.9 Å². The Balaban J connectivity index is 1.66. The monoisotopic (exact) mass is 379 g/mol. The zero-order valence-corrected chi connectivity index (χ0v) is 15.7. The second kappa shape index (κ2) is 8.71. The van der Waals surface area contributed by atoms with Crippen molar-refractivity contribution in [1.29, 1.82) is 0 Å². The largest absolute Gasteiger partial charge is 0.379 e. The van der Waals surface area contributed by atoms with Gasteiger partial charge in [0.05, 0.1) is 19.3 Å². The predicted molar refractivity (Wildman–Crippen MR) is 105 cm³/mol. The van der Waals surface area contributed by atoms with Crippen LogP contribution in [-0.4, -0.2) is 42.4 Å². The Morgan fingerprint density at radius 2 is 1.96 bits per heavy atom. The lowest BCUT2D eigenvalue weighted by Gasteiger charge is -2.38. The van der Waals surface area contributed by atoms with E-state index in [9.17, 15) is 4.39 Å². The Kier molecular flexibility index (Phi) is 6.36. The number of anilines is 1. The summed E-state index contributed by atoms with van der Waals surface area (Å²) < 4.78 is 18.5. The highest BCUT2D eigenvalue weighted by Crippen LogP contribution is 2.29. The molecule has 2 N–H and O–H groups in total. The van der Waals surface area contributed by atoms with Crippen molar-refractivity contribution < 1.29 is 9.13 Å². The molecule has 4 nitrogen and oxygen atoms in total. The van der Waals surface area contributed by atoms with Crippen LogP contribution in [0.3, 0.4) is 0 Å². The third kappa shape index (κ3) is 4.98. The van der Waals surface area contributed by atoms with Gasteiger partial charge in [-0.25, -0.2) is 4.39 Å². The molecular formula is C18H22FN3OS2. The van der Waals surface area contributed by atoms with E-state index in [1.54, 1.807) is 23.5 Å². The maximum Gasteiger partial charge on any atom is 0.171 e. The van der Waals surface area contributed by atoms with Crippen LogP contribution >= 0.6 is 23.6 Å². The molecule has 2 heterocycles. The summed E-state index contributed by atoms with van der Waals surface area (Å²) in [6.45, 7) is 5.47. The van der Waals surface area contributed by atoms with Gasteiger partial charge in [0.15, 0.2) is 5.11 Å². The van der Waals surface area contributed by atoms with Gasteiger partial charge in [0.1, 0.15) is 5.82 Å². The van der Waals surface area contributed by atoms with Crippen LogP contribution in [0.2, 0.25) is 0 Å². The first-order valence-electron chi connectivity index (χ1n) is 8.32. The number of thiophene rings is 1. The molecule has 0 spiro atoms. The third-order valence-electron chi connectivity index (χ3n) is 4.21. The standard InChI is InChI=1S/C18H22FN3OS2/c1-13(20-18(24)21-15-6-4-14(19)5-7-15)17(16-3-2-12-25-16)22-8-10-23-11-9-22/h2-7,12-13,17H,8-11H2,1H3,(H2,20,21,24)/t13-,17-/m1/s1. The van der Waals surface area contributed by atoms with Crippen LogP contribution in [0.4, 0.5) is 10.1 Å². The second-order valence-corrected chi connectivity index (χ2v) is 7.39. The smallest absolute Gasteiger partial charge is 0.171 e. The van der Waals surface area contributed by atoms with E-state index in [0.29, 0.717) is 5.11 Å². The number of halogens is 1. The quantitative estimate of drug-likeness (QED) is 0.776. The van der Waals surface area contributed by atoms with Gasteiger partial charge < -0.3 is 15.4 Å². The van der Waals surface area contributed by atoms with Crippen LogP contribution in [0.25, 0.3) is 0 Å². The number of ether oxygens (including phenoxy) is 1. The van der Waals surface area contributed by atoms with Gasteiger partial charge in [-0.2, -0.15) is 0 Å². The van der Waals surface area contributed by atoms with Gasteiger partial charge >= 0.3 is 0 Å². The summed E-state index contributed by atoms with van der Waals surface area (Å²) in [4.78, 5) is 3.75. The zero-order chi connectivity index (χ0) is 17.6. The first-order valence-corrected chi connectivity index (χ1v) is 9.60. The van der Waals surface area contributed by atoms with Crippen molar-refractivity contribution in [3.63, 3.8) is 0 Å². The summed E-state index contributed by atoms with van der Waals surface area (Å²) in [6, 6.07) is 10.8. The van der Waals surface area contributed by atoms with Crippen molar-refractivity contribution in [3.8, 4) is 0 Å². The Hall–Kier alpha value is -1.54. The molecule has 0 aliphatic carbocycles. The number of morpholine rings is 1. The van der Waals surface area contributed by atoms with E-state index in [1.807, 2.05) is 0 Å². The van der Waals surface area contributed by atoms with Crippen LogP contribution in [0.5, 0.6) is 0 Å². The molecule has 7 heteroatoms. The minimum atomic E-state index is -0.261. The molecule has 1 aromatic carbocycles. The fraction of sp³-hybridized carbons (Fsp3) is 0.389. The van der Waals surface area contributed by atoms with Gasteiger partial charge in [0.2, 0.25) is 0 Å². The lowest BCUT2D eigenvalue weighted by Crippen LogP contribution is -2.49. The molecule has 1 aliphatic heterocycles. The average molecular weight is 380 g/mol. The molecule has 25 heavy (non-hydrogen) atoms. The molecule has 0 unspecified atom stereocenters. The summed E-state index contributed by atoms with van der Waals surface area (Å²) in [5.74, 6) is -0.261. The first kappa shape index (κ1) is 18.3. The molecule has 1 saturated heterocycles. The number of hydrogen-bond acceptors (Lipinski definition) is 4. The Morgan fingerprint density at radius 3 is 2.60 bits per heavy atom. The maximum absolute atomic E-state index is 13.0. The first-order chi connectivity index (χ1) is 12.1. The molecule has 1 aromatic heterocycles. The van der Waals surface area contributed by atoms with Gasteiger partial charge in [-0.1, -0.05) is 6.07 Å². The summed E-state index contributed by atoms with van der Waals surface area (Å²) in [6.07, 6.45) is 0. The fourth-order valence-corrected chi connectivity index (χ4v) is 4.31. The number of benzene rings is 1. The summed E-state index contributed by atoms with van der Waals surface area (Å²) in [5, 5.41) is 9.13. The van der Waals surface area contributed by atoms with Gasteiger partial charge in [-0.3, -0.25) is 4.90 Å². The van der Waals surface area contributed by atoms with Gasteiger partial charge in [0, 0.05) is 29.7 Å². The highest BCUT2D eigenvalue weighted by Gasteiger charge is 2.28. The van der Waals surface area contributed by atoms with Crippen molar-refractivity contribution in [3.05, 3.63) is 52.5 Å². The average Bonchev–Trinajstić information content (AvgIpc) is 3.12. The zero-order valence-electron chi connectivity index (χ0n) is 14.1. The predicted octanol–water partition coefficient (Wildman–Crippen LogP) is 3.64. The van der Waals surface area contributed by atoms with E-state index in [1.165, 1.54) is 17.0 Å². The third-order valence-corrected chi connectivity index (χ3v) is 5.37. The van der Waals surface area contributed by atoms with Crippen LogP contribution < -0.4 is 10.6 Å². The molecule has 2 aromatic rings. The van der Waals surface area contributed by atoms with E-state index >= 15 is 0 Å². The molecule has 1 fully saturated rings. The number of nitrogens with zero attached hydrogens (tertiary/aromatic N) is 1. The minimum absolute atomic E-state index is 0.122. The molecule has 3 rings (SSSR count). The van der Waals surface area contributed by atoms with Crippen LogP contribution in [0.1, 0.15) is 17.8 Å². The van der Waals surface area contributed by atoms with E-state index in [2.05, 4.69) is 40.0 Å². The summed E-state index contributed by atoms with van der Waals surface area (Å²) >= 11 is 7.20. The Bertz CT molecular complexity index is 672. The van der Waals surface area contributed by atoms with E-state index < -0.39 is 0 Å². The van der Waals surface area contributed by atoms with Crippen LogP contribution in [0.15, 0.2) is 41.8 Å². The summed E-state index contributed by atoms with van der Waals surface area (Å²) in [7, 11) is 0. The van der Waals surface area contributed by atoms with E-state index in [4.69, 9.17) is 17.0 Å². The van der Waals surface area contributed by atoms with Crippen LogP contribution in [0, 0.1) is 5.82 Å². The lowest BCUT2D eigenvalue weighted by molar-refractivity contribution is 0.0110. The molecule has 0 radical (unpaired) electrons. The molecule has 0 bridgehead atoms. The van der Waals surface area contributed by atoms with Crippen molar-refractivity contribution in [2.24, 2.45) is 0 Å². The molecule has 0 amide bonds. The van der Waals surface area contributed by atoms with Crippen molar-refractivity contribution in [1.82, 2.24) is 10.2 Å². The van der Waals surface area contributed by atoms with Gasteiger partial charge in [-0.15, -0.1) is 11.3 Å². The fourth-order valence-electron chi connectivity index (χ4n) is 3.04. The molecule has 0 saturated carbocycles. The molecule has 1 aliphatic rings. The maximum atomic E-state index is 13.0. The van der Waals surface area contributed by atoms with Gasteiger partial charge in [0.25, 0.3) is 0 Å². The normalized spacial score (nSPS) is 17.7. The van der Waals surface area contributed by atoms with Crippen LogP contribution in [-0.2, 0) is 4.74 Å².